The van der Waals surface area contributed by atoms with E-state index >= 15 is 0 Å². The van der Waals surface area contributed by atoms with Crippen molar-refractivity contribution in [3.8, 4) is 0 Å². The number of hydrogen-bond donors (Lipinski definition) is 2. The lowest BCUT2D eigenvalue weighted by Crippen LogP contribution is -2.43. The van der Waals surface area contributed by atoms with Crippen molar-refractivity contribution in [3.05, 3.63) is 71.7 Å². The minimum absolute atomic E-state index is 0.0708. The van der Waals surface area contributed by atoms with Crippen LogP contribution in [0.2, 0.25) is 0 Å². The lowest BCUT2D eigenvalue weighted by molar-refractivity contribution is -0.126. The average molecular weight is 350 g/mol. The van der Waals surface area contributed by atoms with Gasteiger partial charge in [0.05, 0.1) is 5.41 Å². The molecule has 0 unspecified atom stereocenters. The number of fused-ring (bicyclic) bond motifs is 1. The zero-order valence-electron chi connectivity index (χ0n) is 14.7. The van der Waals surface area contributed by atoms with Crippen LogP contribution in [0.3, 0.4) is 0 Å². The van der Waals surface area contributed by atoms with Crippen LogP contribution in [0.25, 0.3) is 10.9 Å². The Balaban J connectivity index is 1.46. The summed E-state index contributed by atoms with van der Waals surface area (Å²) in [5.41, 5.74) is 2.75. The van der Waals surface area contributed by atoms with Crippen molar-refractivity contribution in [2.45, 2.75) is 37.5 Å². The van der Waals surface area contributed by atoms with Gasteiger partial charge in [0, 0.05) is 23.6 Å². The quantitative estimate of drug-likeness (QED) is 0.700. The predicted octanol–water partition coefficient (Wildman–Crippen LogP) is 4.48. The van der Waals surface area contributed by atoms with Gasteiger partial charge in [-0.05, 0) is 48.6 Å². The van der Waals surface area contributed by atoms with Crippen molar-refractivity contribution in [1.82, 2.24) is 10.3 Å². The molecule has 0 aliphatic heterocycles. The Labute approximate surface area is 152 Å². The zero-order valence-corrected chi connectivity index (χ0v) is 14.7. The first-order valence-electron chi connectivity index (χ1n) is 9.28. The monoisotopic (exact) mass is 350 g/mol. The second kappa shape index (κ2) is 6.94. The Hall–Kier alpha value is -2.62. The number of aromatic nitrogens is 1. The van der Waals surface area contributed by atoms with Gasteiger partial charge in [0.1, 0.15) is 5.82 Å². The van der Waals surface area contributed by atoms with Gasteiger partial charge in [0.15, 0.2) is 0 Å². The molecule has 1 saturated carbocycles. The molecule has 0 saturated heterocycles. The third kappa shape index (κ3) is 3.00. The summed E-state index contributed by atoms with van der Waals surface area (Å²) < 4.78 is 13.3. The van der Waals surface area contributed by atoms with Crippen LogP contribution in [0.4, 0.5) is 4.39 Å². The number of rotatable bonds is 5. The maximum Gasteiger partial charge on any atom is 0.230 e. The summed E-state index contributed by atoms with van der Waals surface area (Å²) in [6, 6.07) is 14.6. The number of hydrogen-bond acceptors (Lipinski definition) is 1. The molecule has 0 radical (unpaired) electrons. The average Bonchev–Trinajstić information content (AvgIpc) is 3.31. The molecule has 0 atom stereocenters. The third-order valence-electron chi connectivity index (χ3n) is 5.64. The first kappa shape index (κ1) is 16.8. The van der Waals surface area contributed by atoms with Gasteiger partial charge in [0.25, 0.3) is 0 Å². The van der Waals surface area contributed by atoms with Crippen LogP contribution in [-0.2, 0) is 16.6 Å². The van der Waals surface area contributed by atoms with Crippen LogP contribution in [0.15, 0.2) is 54.7 Å². The highest BCUT2D eigenvalue weighted by Crippen LogP contribution is 2.41. The molecule has 0 bridgehead atoms. The molecule has 2 aromatic carbocycles. The summed E-state index contributed by atoms with van der Waals surface area (Å²) in [4.78, 5) is 16.3. The zero-order chi connectivity index (χ0) is 18.0. The Kier molecular flexibility index (Phi) is 4.49. The van der Waals surface area contributed by atoms with E-state index in [4.69, 9.17) is 0 Å². The van der Waals surface area contributed by atoms with E-state index in [-0.39, 0.29) is 11.7 Å². The molecular weight excluding hydrogens is 327 g/mol. The molecule has 0 spiro atoms. The third-order valence-corrected chi connectivity index (χ3v) is 5.64. The maximum absolute atomic E-state index is 13.3. The lowest BCUT2D eigenvalue weighted by Gasteiger charge is -2.28. The molecule has 26 heavy (non-hydrogen) atoms. The van der Waals surface area contributed by atoms with Gasteiger partial charge < -0.3 is 10.3 Å². The minimum atomic E-state index is -0.506. The van der Waals surface area contributed by atoms with E-state index < -0.39 is 5.41 Å². The van der Waals surface area contributed by atoms with Gasteiger partial charge in [0.2, 0.25) is 5.91 Å². The lowest BCUT2D eigenvalue weighted by atomic mass is 9.78. The molecule has 1 heterocycles. The Morgan fingerprint density at radius 1 is 1.08 bits per heavy atom. The minimum Gasteiger partial charge on any atom is -0.361 e. The Morgan fingerprint density at radius 3 is 2.58 bits per heavy atom. The molecular formula is C22H23FN2O. The van der Waals surface area contributed by atoms with E-state index in [1.807, 2.05) is 18.3 Å². The van der Waals surface area contributed by atoms with E-state index in [1.54, 1.807) is 12.1 Å². The standard InChI is InChI=1S/C22H23FN2O/c23-18-9-7-17(8-10-18)22(12-3-4-13-22)21(26)24-14-11-16-15-25-20-6-2-1-5-19(16)20/h1-2,5-10,15,25H,3-4,11-14H2,(H,24,26). The predicted molar refractivity (Wildman–Crippen MR) is 102 cm³/mol. The van der Waals surface area contributed by atoms with Crippen molar-refractivity contribution < 1.29 is 9.18 Å². The van der Waals surface area contributed by atoms with Crippen LogP contribution in [-0.4, -0.2) is 17.4 Å². The Morgan fingerprint density at radius 2 is 1.81 bits per heavy atom. The van der Waals surface area contributed by atoms with Crippen molar-refractivity contribution in [3.63, 3.8) is 0 Å². The number of nitrogens with one attached hydrogen (secondary N) is 2. The van der Waals surface area contributed by atoms with E-state index in [9.17, 15) is 9.18 Å². The first-order chi connectivity index (χ1) is 12.7. The first-order valence-corrected chi connectivity index (χ1v) is 9.28. The summed E-state index contributed by atoms with van der Waals surface area (Å²) in [5, 5.41) is 4.34. The molecule has 3 nitrogen and oxygen atoms in total. The maximum atomic E-state index is 13.3. The number of carbonyl (C=O) groups excluding carboxylic acids is 1. The SMILES string of the molecule is O=C(NCCc1c[nH]c2ccccc12)C1(c2ccc(F)cc2)CCCC1. The van der Waals surface area contributed by atoms with Crippen molar-refractivity contribution in [2.24, 2.45) is 0 Å². The van der Waals surface area contributed by atoms with Crippen LogP contribution in [0, 0.1) is 5.82 Å². The highest BCUT2D eigenvalue weighted by atomic mass is 19.1. The number of benzene rings is 2. The van der Waals surface area contributed by atoms with Crippen LogP contribution in [0.1, 0.15) is 36.8 Å². The Bertz CT molecular complexity index is 907. The van der Waals surface area contributed by atoms with Crippen molar-refractivity contribution >= 4 is 16.8 Å². The topological polar surface area (TPSA) is 44.9 Å². The van der Waals surface area contributed by atoms with E-state index in [0.717, 1.165) is 43.2 Å². The van der Waals surface area contributed by atoms with E-state index in [1.165, 1.54) is 23.1 Å². The number of carbonyl (C=O) groups is 1. The molecule has 3 aromatic rings. The molecule has 2 N–H and O–H groups in total. The van der Waals surface area contributed by atoms with Crippen LogP contribution < -0.4 is 5.32 Å². The highest BCUT2D eigenvalue weighted by Gasteiger charge is 2.42. The van der Waals surface area contributed by atoms with Crippen molar-refractivity contribution in [2.75, 3.05) is 6.54 Å². The largest absolute Gasteiger partial charge is 0.361 e. The van der Waals surface area contributed by atoms with Crippen molar-refractivity contribution in [1.29, 1.82) is 0 Å². The molecule has 1 amide bonds. The van der Waals surface area contributed by atoms with Gasteiger partial charge in [-0.15, -0.1) is 0 Å². The summed E-state index contributed by atoms with van der Waals surface area (Å²) in [7, 11) is 0. The number of H-pyrrole nitrogens is 1. The summed E-state index contributed by atoms with van der Waals surface area (Å²) in [6.45, 7) is 0.601. The normalized spacial score (nSPS) is 16.0. The fourth-order valence-corrected chi connectivity index (χ4v) is 4.21. The number of halogens is 1. The molecule has 1 fully saturated rings. The fraction of sp³-hybridized carbons (Fsp3) is 0.318. The van der Waals surface area contributed by atoms with Gasteiger partial charge in [-0.2, -0.15) is 0 Å². The summed E-state index contributed by atoms with van der Waals surface area (Å²) >= 11 is 0. The summed E-state index contributed by atoms with van der Waals surface area (Å²) in [6.07, 6.45) is 6.53. The van der Waals surface area contributed by atoms with E-state index in [0.29, 0.717) is 6.54 Å². The second-order valence-corrected chi connectivity index (χ2v) is 7.16. The molecule has 1 aliphatic carbocycles. The summed E-state index contributed by atoms with van der Waals surface area (Å²) in [5.74, 6) is -0.192. The van der Waals surface area contributed by atoms with Crippen LogP contribution >= 0.6 is 0 Å². The number of aromatic amines is 1. The molecule has 4 rings (SSSR count). The molecule has 1 aliphatic rings. The van der Waals surface area contributed by atoms with Crippen LogP contribution in [0.5, 0.6) is 0 Å². The van der Waals surface area contributed by atoms with E-state index in [2.05, 4.69) is 22.4 Å². The molecule has 1 aromatic heterocycles. The fourth-order valence-electron chi connectivity index (χ4n) is 4.21. The molecule has 134 valence electrons. The second-order valence-electron chi connectivity index (χ2n) is 7.16. The highest BCUT2D eigenvalue weighted by molar-refractivity contribution is 5.88. The molecule has 4 heteroatoms. The number of para-hydroxylation sites is 1. The van der Waals surface area contributed by atoms with Gasteiger partial charge in [-0.3, -0.25) is 4.79 Å². The van der Waals surface area contributed by atoms with Gasteiger partial charge >= 0.3 is 0 Å². The van der Waals surface area contributed by atoms with Gasteiger partial charge in [-0.1, -0.05) is 43.2 Å². The number of amides is 1. The van der Waals surface area contributed by atoms with Gasteiger partial charge in [-0.25, -0.2) is 4.39 Å². The smallest absolute Gasteiger partial charge is 0.230 e.